The van der Waals surface area contributed by atoms with E-state index in [0.29, 0.717) is 0 Å². The number of piperidine rings is 1. The molecule has 0 aromatic heterocycles. The number of nitrogens with zero attached hydrogens (tertiary/aromatic N) is 2. The van der Waals surface area contributed by atoms with Gasteiger partial charge in [-0.3, -0.25) is 4.90 Å². The van der Waals surface area contributed by atoms with Gasteiger partial charge in [0.25, 0.3) is 0 Å². The molecule has 0 aromatic carbocycles. The van der Waals surface area contributed by atoms with Crippen LogP contribution in [0.4, 0.5) is 0 Å². The third-order valence-electron chi connectivity index (χ3n) is 5.31. The molecule has 2 aliphatic heterocycles. The van der Waals surface area contributed by atoms with Crippen LogP contribution in [-0.4, -0.2) is 61.7 Å². The Hall–Kier alpha value is -0.120. The van der Waals surface area contributed by atoms with Crippen molar-refractivity contribution in [3.8, 4) is 0 Å². The zero-order chi connectivity index (χ0) is 14.9. The number of hydrogen-bond acceptors (Lipinski definition) is 3. The standard InChI is InChI=1S/C18H37N3/c1-3-7-18(15-19-10-4-2)21-13-8-17(9-14-21)16-20-11-5-6-12-20/h17-19H,3-16H2,1-2H3. The molecule has 2 fully saturated rings. The molecule has 124 valence electrons. The molecule has 0 saturated carbocycles. The first kappa shape index (κ1) is 17.2. The van der Waals surface area contributed by atoms with Crippen molar-refractivity contribution in [1.29, 1.82) is 0 Å². The fraction of sp³-hybridized carbons (Fsp3) is 1.00. The van der Waals surface area contributed by atoms with E-state index in [2.05, 4.69) is 29.0 Å². The summed E-state index contributed by atoms with van der Waals surface area (Å²) in [7, 11) is 0. The molecule has 3 nitrogen and oxygen atoms in total. The molecule has 0 aliphatic carbocycles. The first-order valence-corrected chi connectivity index (χ1v) is 9.50. The summed E-state index contributed by atoms with van der Waals surface area (Å²) in [5.41, 5.74) is 0. The van der Waals surface area contributed by atoms with Gasteiger partial charge in [0.15, 0.2) is 0 Å². The monoisotopic (exact) mass is 295 g/mol. The van der Waals surface area contributed by atoms with Crippen LogP contribution in [0, 0.1) is 5.92 Å². The summed E-state index contributed by atoms with van der Waals surface area (Å²) in [5.74, 6) is 0.963. The normalized spacial score (nSPS) is 23.7. The van der Waals surface area contributed by atoms with Crippen molar-refractivity contribution in [2.75, 3.05) is 45.8 Å². The average molecular weight is 296 g/mol. The summed E-state index contributed by atoms with van der Waals surface area (Å²) in [5, 5.41) is 3.64. The smallest absolute Gasteiger partial charge is 0.0220 e. The van der Waals surface area contributed by atoms with Gasteiger partial charge in [-0.25, -0.2) is 0 Å². The highest BCUT2D eigenvalue weighted by Gasteiger charge is 2.26. The summed E-state index contributed by atoms with van der Waals surface area (Å²) < 4.78 is 0. The van der Waals surface area contributed by atoms with E-state index in [-0.39, 0.29) is 0 Å². The maximum absolute atomic E-state index is 3.64. The molecule has 0 spiro atoms. The Bertz CT molecular complexity index is 255. The lowest BCUT2D eigenvalue weighted by Crippen LogP contribution is -2.47. The molecule has 0 radical (unpaired) electrons. The van der Waals surface area contributed by atoms with Crippen LogP contribution in [-0.2, 0) is 0 Å². The fourth-order valence-corrected chi connectivity index (χ4v) is 4.02. The van der Waals surface area contributed by atoms with Crippen molar-refractivity contribution >= 4 is 0 Å². The average Bonchev–Trinajstić information content (AvgIpc) is 3.00. The molecule has 1 atom stereocenters. The Morgan fingerprint density at radius 2 is 1.71 bits per heavy atom. The largest absolute Gasteiger partial charge is 0.315 e. The predicted octanol–water partition coefficient (Wildman–Crippen LogP) is 2.96. The van der Waals surface area contributed by atoms with Crippen LogP contribution >= 0.6 is 0 Å². The lowest BCUT2D eigenvalue weighted by molar-refractivity contribution is 0.109. The molecule has 2 saturated heterocycles. The summed E-state index contributed by atoms with van der Waals surface area (Å²) in [6.07, 6.45) is 9.62. The van der Waals surface area contributed by atoms with Crippen molar-refractivity contribution in [3.05, 3.63) is 0 Å². The molecule has 0 aromatic rings. The molecule has 0 bridgehead atoms. The molecule has 2 aliphatic rings. The molecular weight excluding hydrogens is 258 g/mol. The molecular formula is C18H37N3. The van der Waals surface area contributed by atoms with Crippen LogP contribution in [0.5, 0.6) is 0 Å². The zero-order valence-electron chi connectivity index (χ0n) is 14.4. The van der Waals surface area contributed by atoms with Crippen molar-refractivity contribution in [3.63, 3.8) is 0 Å². The van der Waals surface area contributed by atoms with E-state index in [1.54, 1.807) is 0 Å². The predicted molar refractivity (Wildman–Crippen MR) is 91.8 cm³/mol. The Kier molecular flexibility index (Phi) is 8.05. The molecule has 0 amide bonds. The van der Waals surface area contributed by atoms with Crippen LogP contribution in [0.1, 0.15) is 58.8 Å². The minimum absolute atomic E-state index is 0.772. The second-order valence-corrected chi connectivity index (χ2v) is 7.13. The van der Waals surface area contributed by atoms with Crippen LogP contribution in [0.2, 0.25) is 0 Å². The second kappa shape index (κ2) is 9.81. The number of nitrogens with one attached hydrogen (secondary N) is 1. The second-order valence-electron chi connectivity index (χ2n) is 7.13. The molecule has 1 unspecified atom stereocenters. The Morgan fingerprint density at radius 3 is 2.33 bits per heavy atom. The highest BCUT2D eigenvalue weighted by molar-refractivity contribution is 4.82. The molecule has 1 N–H and O–H groups in total. The van der Waals surface area contributed by atoms with Gasteiger partial charge in [-0.05, 0) is 77.2 Å². The molecule has 3 heteroatoms. The van der Waals surface area contributed by atoms with Crippen molar-refractivity contribution < 1.29 is 0 Å². The minimum atomic E-state index is 0.772. The van der Waals surface area contributed by atoms with Crippen LogP contribution < -0.4 is 5.32 Å². The van der Waals surface area contributed by atoms with E-state index in [9.17, 15) is 0 Å². The molecule has 21 heavy (non-hydrogen) atoms. The minimum Gasteiger partial charge on any atom is -0.315 e. The molecule has 2 heterocycles. The van der Waals surface area contributed by atoms with Gasteiger partial charge in [0.05, 0.1) is 0 Å². The quantitative estimate of drug-likeness (QED) is 0.660. The van der Waals surface area contributed by atoms with E-state index in [4.69, 9.17) is 0 Å². The summed E-state index contributed by atoms with van der Waals surface area (Å²) in [4.78, 5) is 5.47. The number of likely N-dealkylation sites (tertiary alicyclic amines) is 2. The van der Waals surface area contributed by atoms with Crippen LogP contribution in [0.25, 0.3) is 0 Å². The first-order valence-electron chi connectivity index (χ1n) is 9.50. The highest BCUT2D eigenvalue weighted by Crippen LogP contribution is 2.23. The maximum Gasteiger partial charge on any atom is 0.0220 e. The van der Waals surface area contributed by atoms with E-state index >= 15 is 0 Å². The maximum atomic E-state index is 3.64. The fourth-order valence-electron chi connectivity index (χ4n) is 4.02. The van der Waals surface area contributed by atoms with Gasteiger partial charge in [0, 0.05) is 19.1 Å². The van der Waals surface area contributed by atoms with Crippen molar-refractivity contribution in [2.45, 2.75) is 64.8 Å². The Labute approximate surface area is 132 Å². The topological polar surface area (TPSA) is 18.5 Å². The highest BCUT2D eigenvalue weighted by atomic mass is 15.2. The van der Waals surface area contributed by atoms with Gasteiger partial charge < -0.3 is 10.2 Å². The zero-order valence-corrected chi connectivity index (χ0v) is 14.4. The van der Waals surface area contributed by atoms with Gasteiger partial charge in [-0.2, -0.15) is 0 Å². The number of hydrogen-bond donors (Lipinski definition) is 1. The van der Waals surface area contributed by atoms with Gasteiger partial charge in [0.2, 0.25) is 0 Å². The summed E-state index contributed by atoms with van der Waals surface area (Å²) >= 11 is 0. The van der Waals surface area contributed by atoms with Gasteiger partial charge >= 0.3 is 0 Å². The Balaban J connectivity index is 1.69. The Morgan fingerprint density at radius 1 is 1.00 bits per heavy atom. The number of rotatable bonds is 9. The van der Waals surface area contributed by atoms with Crippen LogP contribution in [0.3, 0.4) is 0 Å². The SMILES string of the molecule is CCCNCC(CCC)N1CCC(CN2CCCC2)CC1. The molecule has 2 rings (SSSR count). The van der Waals surface area contributed by atoms with E-state index in [1.165, 1.54) is 90.8 Å². The lowest BCUT2D eigenvalue weighted by atomic mass is 9.94. The third kappa shape index (κ3) is 5.88. The summed E-state index contributed by atoms with van der Waals surface area (Å²) in [6, 6.07) is 0.772. The van der Waals surface area contributed by atoms with Crippen molar-refractivity contribution in [1.82, 2.24) is 15.1 Å². The van der Waals surface area contributed by atoms with E-state index in [1.807, 2.05) is 0 Å². The van der Waals surface area contributed by atoms with Gasteiger partial charge in [0.1, 0.15) is 0 Å². The van der Waals surface area contributed by atoms with Crippen LogP contribution in [0.15, 0.2) is 0 Å². The third-order valence-corrected chi connectivity index (χ3v) is 5.31. The lowest BCUT2D eigenvalue weighted by Gasteiger charge is -2.38. The van der Waals surface area contributed by atoms with Gasteiger partial charge in [-0.1, -0.05) is 20.3 Å². The van der Waals surface area contributed by atoms with E-state index < -0.39 is 0 Å². The van der Waals surface area contributed by atoms with E-state index in [0.717, 1.165) is 12.0 Å². The summed E-state index contributed by atoms with van der Waals surface area (Å²) in [6.45, 7) is 13.7. The van der Waals surface area contributed by atoms with Gasteiger partial charge in [-0.15, -0.1) is 0 Å². The van der Waals surface area contributed by atoms with Crippen molar-refractivity contribution in [2.24, 2.45) is 5.92 Å². The first-order chi connectivity index (χ1) is 10.3.